The molecule has 0 amide bonds. The molecule has 0 aliphatic rings. The van der Waals surface area contributed by atoms with E-state index in [1.54, 1.807) is 18.7 Å². The standard InChI is InChI=1S/C21H18BrN5O2/c1-14-2-7-19-25-20(23-10-15-8-9-29-13-15)18(21(28)27(19)12-14)11-24-26-17-5-3-16(22)4-6-17/h2-9,11-13,23,26H,10H2,1H3/b24-11+. The van der Waals surface area contributed by atoms with Gasteiger partial charge in [0.05, 0.1) is 24.4 Å². The largest absolute Gasteiger partial charge is 0.472 e. The summed E-state index contributed by atoms with van der Waals surface area (Å²) in [4.78, 5) is 17.7. The van der Waals surface area contributed by atoms with Crippen LogP contribution in [0.2, 0.25) is 0 Å². The Labute approximate surface area is 175 Å². The first-order chi connectivity index (χ1) is 14.1. The van der Waals surface area contributed by atoms with Crippen LogP contribution in [0.25, 0.3) is 5.65 Å². The second-order valence-corrected chi connectivity index (χ2v) is 7.39. The number of rotatable bonds is 6. The van der Waals surface area contributed by atoms with Gasteiger partial charge in [0.25, 0.3) is 5.56 Å². The Bertz CT molecular complexity index is 1210. The fourth-order valence-electron chi connectivity index (χ4n) is 2.78. The van der Waals surface area contributed by atoms with Crippen LogP contribution < -0.4 is 16.3 Å². The first-order valence-corrected chi connectivity index (χ1v) is 9.72. The van der Waals surface area contributed by atoms with Crippen molar-refractivity contribution < 1.29 is 4.42 Å². The highest BCUT2D eigenvalue weighted by atomic mass is 79.9. The molecule has 146 valence electrons. The zero-order valence-corrected chi connectivity index (χ0v) is 17.2. The molecule has 0 saturated carbocycles. The molecular weight excluding hydrogens is 434 g/mol. The lowest BCUT2D eigenvalue weighted by atomic mass is 10.2. The summed E-state index contributed by atoms with van der Waals surface area (Å²) in [7, 11) is 0. The van der Waals surface area contributed by atoms with Gasteiger partial charge in [-0.2, -0.15) is 5.10 Å². The van der Waals surface area contributed by atoms with Crippen molar-refractivity contribution >= 4 is 39.3 Å². The van der Waals surface area contributed by atoms with E-state index in [1.807, 2.05) is 49.4 Å². The molecule has 0 saturated heterocycles. The van der Waals surface area contributed by atoms with Gasteiger partial charge in [-0.1, -0.05) is 22.0 Å². The van der Waals surface area contributed by atoms with E-state index in [4.69, 9.17) is 4.42 Å². The topological polar surface area (TPSA) is 83.9 Å². The lowest BCUT2D eigenvalue weighted by Gasteiger charge is -2.10. The molecule has 4 aromatic rings. The maximum atomic E-state index is 13.1. The molecule has 3 heterocycles. The average molecular weight is 452 g/mol. The Morgan fingerprint density at radius 1 is 1.21 bits per heavy atom. The number of aromatic nitrogens is 2. The molecule has 29 heavy (non-hydrogen) atoms. The van der Waals surface area contributed by atoms with Crippen LogP contribution in [0.4, 0.5) is 11.5 Å². The molecule has 0 aliphatic carbocycles. The molecule has 0 bridgehead atoms. The predicted molar refractivity (Wildman–Crippen MR) is 118 cm³/mol. The Balaban J connectivity index is 1.69. The maximum absolute atomic E-state index is 13.1. The molecule has 0 aliphatic heterocycles. The molecule has 7 nitrogen and oxygen atoms in total. The van der Waals surface area contributed by atoms with Gasteiger partial charge in [-0.3, -0.25) is 14.6 Å². The normalized spacial score (nSPS) is 11.2. The number of nitrogens with one attached hydrogen (secondary N) is 2. The van der Waals surface area contributed by atoms with E-state index in [-0.39, 0.29) is 5.56 Å². The van der Waals surface area contributed by atoms with E-state index in [9.17, 15) is 4.79 Å². The van der Waals surface area contributed by atoms with Crippen molar-refractivity contribution in [2.24, 2.45) is 5.10 Å². The van der Waals surface area contributed by atoms with Crippen molar-refractivity contribution in [3.05, 3.63) is 92.7 Å². The van der Waals surface area contributed by atoms with Crippen molar-refractivity contribution in [1.82, 2.24) is 9.38 Å². The van der Waals surface area contributed by atoms with Crippen molar-refractivity contribution in [2.75, 3.05) is 10.7 Å². The van der Waals surface area contributed by atoms with E-state index >= 15 is 0 Å². The van der Waals surface area contributed by atoms with Crippen molar-refractivity contribution in [3.8, 4) is 0 Å². The van der Waals surface area contributed by atoms with E-state index in [2.05, 4.69) is 36.8 Å². The van der Waals surface area contributed by atoms with Crippen LogP contribution in [0.1, 0.15) is 16.7 Å². The summed E-state index contributed by atoms with van der Waals surface area (Å²) >= 11 is 3.40. The van der Waals surface area contributed by atoms with Gasteiger partial charge in [0.15, 0.2) is 0 Å². The number of benzene rings is 1. The summed E-state index contributed by atoms with van der Waals surface area (Å²) in [5, 5.41) is 7.44. The predicted octanol–water partition coefficient (Wildman–Crippen LogP) is 4.42. The molecule has 8 heteroatoms. The zero-order valence-electron chi connectivity index (χ0n) is 15.6. The van der Waals surface area contributed by atoms with Crippen molar-refractivity contribution in [1.29, 1.82) is 0 Å². The third kappa shape index (κ3) is 4.38. The number of anilines is 2. The molecule has 3 aromatic heterocycles. The lowest BCUT2D eigenvalue weighted by molar-refractivity contribution is 0.564. The molecule has 0 spiro atoms. The monoisotopic (exact) mass is 451 g/mol. The highest BCUT2D eigenvalue weighted by Gasteiger charge is 2.12. The molecular formula is C21H18BrN5O2. The highest BCUT2D eigenvalue weighted by molar-refractivity contribution is 9.10. The van der Waals surface area contributed by atoms with Gasteiger partial charge in [0, 0.05) is 22.8 Å². The van der Waals surface area contributed by atoms with Gasteiger partial charge in [-0.05, 0) is 48.9 Å². The molecule has 0 atom stereocenters. The summed E-state index contributed by atoms with van der Waals surface area (Å²) in [6.07, 6.45) is 6.51. The first kappa shape index (κ1) is 18.9. The number of furan rings is 1. The molecule has 0 fully saturated rings. The SMILES string of the molecule is Cc1ccc2nc(NCc3ccoc3)c(/C=N/Nc3ccc(Br)cc3)c(=O)n2c1. The smallest absolute Gasteiger partial charge is 0.268 e. The van der Waals surface area contributed by atoms with Crippen LogP contribution in [0.5, 0.6) is 0 Å². The molecule has 0 radical (unpaired) electrons. The average Bonchev–Trinajstić information content (AvgIpc) is 3.24. The number of hydrogen-bond acceptors (Lipinski definition) is 6. The Morgan fingerprint density at radius 2 is 2.03 bits per heavy atom. The quantitative estimate of drug-likeness (QED) is 0.334. The van der Waals surface area contributed by atoms with Gasteiger partial charge in [0.2, 0.25) is 0 Å². The first-order valence-electron chi connectivity index (χ1n) is 8.93. The van der Waals surface area contributed by atoms with Gasteiger partial charge >= 0.3 is 0 Å². The van der Waals surface area contributed by atoms with Crippen molar-refractivity contribution in [2.45, 2.75) is 13.5 Å². The van der Waals surface area contributed by atoms with Gasteiger partial charge in [0.1, 0.15) is 17.0 Å². The number of aryl methyl sites for hydroxylation is 1. The van der Waals surface area contributed by atoms with Crippen LogP contribution in [0, 0.1) is 6.92 Å². The Kier molecular flexibility index (Phi) is 5.44. The second kappa shape index (κ2) is 8.32. The van der Waals surface area contributed by atoms with E-state index in [0.717, 1.165) is 21.3 Å². The zero-order chi connectivity index (χ0) is 20.2. The number of halogens is 1. The minimum Gasteiger partial charge on any atom is -0.472 e. The number of hydrogen-bond donors (Lipinski definition) is 2. The summed E-state index contributed by atoms with van der Waals surface area (Å²) in [5.74, 6) is 0.460. The fourth-order valence-corrected chi connectivity index (χ4v) is 3.05. The van der Waals surface area contributed by atoms with Gasteiger partial charge in [-0.15, -0.1) is 0 Å². The minimum absolute atomic E-state index is 0.199. The van der Waals surface area contributed by atoms with E-state index in [1.165, 1.54) is 10.6 Å². The van der Waals surface area contributed by atoms with E-state index in [0.29, 0.717) is 23.6 Å². The van der Waals surface area contributed by atoms with Crippen LogP contribution in [-0.2, 0) is 6.54 Å². The number of nitrogens with zero attached hydrogens (tertiary/aromatic N) is 3. The van der Waals surface area contributed by atoms with Crippen molar-refractivity contribution in [3.63, 3.8) is 0 Å². The minimum atomic E-state index is -0.199. The third-order valence-corrected chi connectivity index (χ3v) is 4.81. The highest BCUT2D eigenvalue weighted by Crippen LogP contribution is 2.15. The molecule has 1 aromatic carbocycles. The van der Waals surface area contributed by atoms with Gasteiger partial charge < -0.3 is 9.73 Å². The molecule has 2 N–H and O–H groups in total. The summed E-state index contributed by atoms with van der Waals surface area (Å²) < 4.78 is 7.60. The summed E-state index contributed by atoms with van der Waals surface area (Å²) in [5.41, 5.74) is 6.39. The Hall–Kier alpha value is -3.39. The lowest BCUT2D eigenvalue weighted by Crippen LogP contribution is -2.22. The van der Waals surface area contributed by atoms with E-state index < -0.39 is 0 Å². The summed E-state index contributed by atoms with van der Waals surface area (Å²) in [6, 6.07) is 13.2. The van der Waals surface area contributed by atoms with Gasteiger partial charge in [-0.25, -0.2) is 4.98 Å². The fraction of sp³-hybridized carbons (Fsp3) is 0.0952. The van der Waals surface area contributed by atoms with Crippen LogP contribution in [0.15, 0.2) is 80.0 Å². The van der Waals surface area contributed by atoms with Crippen LogP contribution >= 0.6 is 15.9 Å². The van der Waals surface area contributed by atoms with Crippen LogP contribution in [-0.4, -0.2) is 15.6 Å². The second-order valence-electron chi connectivity index (χ2n) is 6.48. The number of hydrazone groups is 1. The number of fused-ring (bicyclic) bond motifs is 1. The number of pyridine rings is 1. The third-order valence-electron chi connectivity index (χ3n) is 4.28. The maximum Gasteiger partial charge on any atom is 0.268 e. The molecule has 0 unspecified atom stereocenters. The van der Waals surface area contributed by atoms with Crippen LogP contribution in [0.3, 0.4) is 0 Å². The molecule has 4 rings (SSSR count). The Morgan fingerprint density at radius 3 is 2.79 bits per heavy atom. The summed E-state index contributed by atoms with van der Waals surface area (Å²) in [6.45, 7) is 2.41.